The first-order valence-corrected chi connectivity index (χ1v) is 6.41. The second kappa shape index (κ2) is 7.00. The first kappa shape index (κ1) is 14.5. The van der Waals surface area contributed by atoms with Crippen LogP contribution >= 0.6 is 0 Å². The molecule has 0 saturated heterocycles. The maximum Gasteiger partial charge on any atom is 0.271 e. The highest BCUT2D eigenvalue weighted by Crippen LogP contribution is 2.10. The van der Waals surface area contributed by atoms with Crippen LogP contribution in [0.5, 0.6) is 0 Å². The van der Waals surface area contributed by atoms with E-state index in [0.29, 0.717) is 11.3 Å². The molecule has 0 fully saturated rings. The van der Waals surface area contributed by atoms with Gasteiger partial charge >= 0.3 is 0 Å². The average molecular weight is 281 g/mol. The Morgan fingerprint density at radius 1 is 1.05 bits per heavy atom. The molecular formula is C16H15N3O2. The van der Waals surface area contributed by atoms with E-state index in [9.17, 15) is 9.59 Å². The molecule has 2 amide bonds. The second-order valence-electron chi connectivity index (χ2n) is 4.37. The van der Waals surface area contributed by atoms with Crippen LogP contribution in [0, 0.1) is 0 Å². The molecule has 0 heterocycles. The molecule has 2 aromatic rings. The van der Waals surface area contributed by atoms with Crippen molar-refractivity contribution < 1.29 is 9.59 Å². The number of nitrogens with zero attached hydrogens (tertiary/aromatic N) is 1. The minimum atomic E-state index is -0.339. The summed E-state index contributed by atoms with van der Waals surface area (Å²) in [6.45, 7) is 1.41. The molecule has 0 radical (unpaired) electrons. The van der Waals surface area contributed by atoms with Gasteiger partial charge in [0.1, 0.15) is 0 Å². The van der Waals surface area contributed by atoms with Gasteiger partial charge in [0.25, 0.3) is 5.91 Å². The quantitative estimate of drug-likeness (QED) is 0.667. The van der Waals surface area contributed by atoms with Crippen molar-refractivity contribution in [2.24, 2.45) is 5.10 Å². The van der Waals surface area contributed by atoms with E-state index in [4.69, 9.17) is 0 Å². The van der Waals surface area contributed by atoms with Crippen molar-refractivity contribution in [2.75, 3.05) is 5.32 Å². The molecule has 2 aromatic carbocycles. The summed E-state index contributed by atoms with van der Waals surface area (Å²) in [4.78, 5) is 22.9. The molecule has 0 spiro atoms. The summed E-state index contributed by atoms with van der Waals surface area (Å²) in [6, 6.07) is 16.1. The van der Waals surface area contributed by atoms with Crippen LogP contribution in [0.4, 0.5) is 5.69 Å². The lowest BCUT2D eigenvalue weighted by Gasteiger charge is -2.04. The molecule has 5 heteroatoms. The van der Waals surface area contributed by atoms with Crippen LogP contribution in [0.1, 0.15) is 22.8 Å². The third-order valence-corrected chi connectivity index (χ3v) is 2.62. The van der Waals surface area contributed by atoms with E-state index >= 15 is 0 Å². The Hall–Kier alpha value is -2.95. The number of hydrazone groups is 1. The van der Waals surface area contributed by atoms with E-state index in [1.165, 1.54) is 6.92 Å². The highest BCUT2D eigenvalue weighted by atomic mass is 16.2. The first-order valence-electron chi connectivity index (χ1n) is 6.41. The van der Waals surface area contributed by atoms with Crippen LogP contribution in [-0.4, -0.2) is 18.0 Å². The molecule has 0 saturated carbocycles. The minimum Gasteiger partial charge on any atom is -0.326 e. The fraction of sp³-hybridized carbons (Fsp3) is 0.0625. The van der Waals surface area contributed by atoms with Crippen molar-refractivity contribution in [1.82, 2.24) is 5.43 Å². The van der Waals surface area contributed by atoms with Gasteiger partial charge in [-0.05, 0) is 23.8 Å². The third-order valence-electron chi connectivity index (χ3n) is 2.62. The minimum absolute atomic E-state index is 0.186. The van der Waals surface area contributed by atoms with E-state index in [0.717, 1.165) is 5.56 Å². The lowest BCUT2D eigenvalue weighted by molar-refractivity contribution is -0.114. The summed E-state index contributed by atoms with van der Waals surface area (Å²) in [7, 11) is 0. The largest absolute Gasteiger partial charge is 0.326 e. The zero-order valence-electron chi connectivity index (χ0n) is 11.5. The maximum absolute atomic E-state index is 11.9. The van der Waals surface area contributed by atoms with Crippen LogP contribution in [0.15, 0.2) is 59.7 Å². The summed E-state index contributed by atoms with van der Waals surface area (Å²) in [5.74, 6) is -0.524. The highest BCUT2D eigenvalue weighted by molar-refractivity contribution is 5.97. The monoisotopic (exact) mass is 281 g/mol. The molecule has 0 aliphatic rings. The Labute approximate surface area is 122 Å². The van der Waals surface area contributed by atoms with Crippen molar-refractivity contribution >= 4 is 23.7 Å². The molecule has 21 heavy (non-hydrogen) atoms. The molecule has 0 aromatic heterocycles. The standard InChI is InChI=1S/C16H15N3O2/c1-12(20)18-15-9-5-8-14(10-15)16(21)19-17-11-13-6-3-2-4-7-13/h2-11H,1H3,(H,18,20)(H,19,21)/b17-11-. The fourth-order valence-electron chi connectivity index (χ4n) is 1.71. The molecular weight excluding hydrogens is 266 g/mol. The van der Waals surface area contributed by atoms with Crippen LogP contribution in [0.25, 0.3) is 0 Å². The topological polar surface area (TPSA) is 70.6 Å². The van der Waals surface area contributed by atoms with Crippen LogP contribution in [0.3, 0.4) is 0 Å². The lowest BCUT2D eigenvalue weighted by Crippen LogP contribution is -2.18. The van der Waals surface area contributed by atoms with Crippen LogP contribution < -0.4 is 10.7 Å². The summed E-state index contributed by atoms with van der Waals surface area (Å²) < 4.78 is 0. The van der Waals surface area contributed by atoms with Crippen molar-refractivity contribution in [3.05, 3.63) is 65.7 Å². The smallest absolute Gasteiger partial charge is 0.271 e. The Balaban J connectivity index is 2.00. The van der Waals surface area contributed by atoms with Gasteiger partial charge in [-0.15, -0.1) is 0 Å². The molecule has 106 valence electrons. The molecule has 0 aliphatic carbocycles. The van der Waals surface area contributed by atoms with Crippen molar-refractivity contribution in [3.63, 3.8) is 0 Å². The van der Waals surface area contributed by atoms with Crippen molar-refractivity contribution in [3.8, 4) is 0 Å². The average Bonchev–Trinajstić information content (AvgIpc) is 2.48. The Morgan fingerprint density at radius 2 is 1.81 bits per heavy atom. The number of nitrogens with one attached hydrogen (secondary N) is 2. The fourth-order valence-corrected chi connectivity index (χ4v) is 1.71. The van der Waals surface area contributed by atoms with Crippen molar-refractivity contribution in [1.29, 1.82) is 0 Å². The Bertz CT molecular complexity index is 666. The van der Waals surface area contributed by atoms with Gasteiger partial charge in [0.05, 0.1) is 6.21 Å². The molecule has 0 atom stereocenters. The SMILES string of the molecule is CC(=O)Nc1cccc(C(=O)N/N=C\c2ccccc2)c1. The van der Waals surface area contributed by atoms with E-state index in [1.54, 1.807) is 30.5 Å². The molecule has 5 nitrogen and oxygen atoms in total. The number of carbonyl (C=O) groups excluding carboxylic acids is 2. The van der Waals surface area contributed by atoms with E-state index in [2.05, 4.69) is 15.8 Å². The third kappa shape index (κ3) is 4.58. The predicted molar refractivity (Wildman–Crippen MR) is 82.2 cm³/mol. The second-order valence-corrected chi connectivity index (χ2v) is 4.37. The number of anilines is 1. The van der Waals surface area contributed by atoms with Gasteiger partial charge in [-0.1, -0.05) is 36.4 Å². The zero-order chi connectivity index (χ0) is 15.1. The number of rotatable bonds is 4. The van der Waals surface area contributed by atoms with Gasteiger partial charge in [-0.3, -0.25) is 9.59 Å². The summed E-state index contributed by atoms with van der Waals surface area (Å²) in [5, 5.41) is 6.52. The normalized spacial score (nSPS) is 10.3. The van der Waals surface area contributed by atoms with Crippen molar-refractivity contribution in [2.45, 2.75) is 6.92 Å². The van der Waals surface area contributed by atoms with Gasteiger partial charge in [0.2, 0.25) is 5.91 Å². The summed E-state index contributed by atoms with van der Waals surface area (Å²) >= 11 is 0. The van der Waals surface area contributed by atoms with Gasteiger partial charge in [0, 0.05) is 18.2 Å². The Kier molecular flexibility index (Phi) is 4.82. The van der Waals surface area contributed by atoms with E-state index in [1.807, 2.05) is 30.3 Å². The molecule has 0 aliphatic heterocycles. The molecule has 0 bridgehead atoms. The van der Waals surface area contributed by atoms with Crippen LogP contribution in [0.2, 0.25) is 0 Å². The predicted octanol–water partition coefficient (Wildman–Crippen LogP) is 2.41. The number of amides is 2. The Morgan fingerprint density at radius 3 is 2.52 bits per heavy atom. The van der Waals surface area contributed by atoms with E-state index in [-0.39, 0.29) is 11.8 Å². The maximum atomic E-state index is 11.9. The number of hydrogen-bond donors (Lipinski definition) is 2. The van der Waals surface area contributed by atoms with Gasteiger partial charge in [0.15, 0.2) is 0 Å². The summed E-state index contributed by atoms with van der Waals surface area (Å²) in [5.41, 5.74) is 4.33. The summed E-state index contributed by atoms with van der Waals surface area (Å²) in [6.07, 6.45) is 1.57. The zero-order valence-corrected chi connectivity index (χ0v) is 11.5. The lowest BCUT2D eigenvalue weighted by atomic mass is 10.2. The first-order chi connectivity index (χ1) is 10.1. The number of benzene rings is 2. The number of hydrogen-bond acceptors (Lipinski definition) is 3. The highest BCUT2D eigenvalue weighted by Gasteiger charge is 2.05. The van der Waals surface area contributed by atoms with Gasteiger partial charge in [-0.2, -0.15) is 5.10 Å². The van der Waals surface area contributed by atoms with E-state index < -0.39 is 0 Å². The molecule has 0 unspecified atom stereocenters. The van der Waals surface area contributed by atoms with Gasteiger partial charge < -0.3 is 5.32 Å². The molecule has 2 rings (SSSR count). The molecule has 2 N–H and O–H groups in total. The number of carbonyl (C=O) groups is 2. The van der Waals surface area contributed by atoms with Crippen LogP contribution in [-0.2, 0) is 4.79 Å². The van der Waals surface area contributed by atoms with Gasteiger partial charge in [-0.25, -0.2) is 5.43 Å².